The van der Waals surface area contributed by atoms with Gasteiger partial charge in [-0.1, -0.05) is 146 Å². The number of fused-ring (bicyclic) bond motifs is 12. The Labute approximate surface area is 344 Å². The molecule has 0 aliphatic heterocycles. The molecule has 4 heterocycles. The minimum absolute atomic E-state index is 0.581. The molecule has 5 heteroatoms. The minimum Gasteiger partial charge on any atom is -0.307 e. The summed E-state index contributed by atoms with van der Waals surface area (Å²) in [6, 6.07) is 74.1. The van der Waals surface area contributed by atoms with Gasteiger partial charge in [0.15, 0.2) is 0 Å². The Bertz CT molecular complexity index is 3800. The molecule has 13 rings (SSSR count). The van der Waals surface area contributed by atoms with Crippen molar-refractivity contribution in [1.82, 2.24) is 18.3 Å². The summed E-state index contributed by atoms with van der Waals surface area (Å²) < 4.78 is 9.55. The molecular formula is C55H33N5. The van der Waals surface area contributed by atoms with E-state index in [1.54, 1.807) is 0 Å². The fourth-order valence-corrected chi connectivity index (χ4v) is 10.3. The lowest BCUT2D eigenvalue weighted by molar-refractivity contribution is 1.07. The molecule has 0 aliphatic rings. The molecule has 0 bridgehead atoms. The standard InChI is InChI=1S/C55H33N5/c56-34-43-52(58-44-27-11-4-20-36(44)37-21-5-12-28-45(37)58)54-51(42-26-10-17-33-50(42)57(54)35-18-2-1-3-19-35)55(60-48-31-15-8-24-40(48)41-25-9-16-32-49(41)60)53(43)59-46-29-13-6-22-38(46)39-23-7-14-30-47(39)59/h1-33H. The zero-order valence-corrected chi connectivity index (χ0v) is 32.3. The zero-order chi connectivity index (χ0) is 39.5. The van der Waals surface area contributed by atoms with E-state index >= 15 is 0 Å². The van der Waals surface area contributed by atoms with E-state index in [0.717, 1.165) is 110 Å². The van der Waals surface area contributed by atoms with Crippen LogP contribution in [0.5, 0.6) is 0 Å². The number of nitriles is 1. The molecule has 0 radical (unpaired) electrons. The molecule has 0 saturated carbocycles. The lowest BCUT2D eigenvalue weighted by Crippen LogP contribution is -2.12. The van der Waals surface area contributed by atoms with Gasteiger partial charge in [0.1, 0.15) is 11.6 Å². The van der Waals surface area contributed by atoms with Crippen LogP contribution in [0.2, 0.25) is 0 Å². The number of nitrogens with zero attached hydrogens (tertiary/aromatic N) is 5. The Balaban J connectivity index is 1.41. The van der Waals surface area contributed by atoms with Gasteiger partial charge < -0.3 is 18.3 Å². The summed E-state index contributed by atoms with van der Waals surface area (Å²) in [6.45, 7) is 0. The largest absolute Gasteiger partial charge is 0.307 e. The summed E-state index contributed by atoms with van der Waals surface area (Å²) >= 11 is 0. The van der Waals surface area contributed by atoms with Crippen molar-refractivity contribution >= 4 is 87.2 Å². The summed E-state index contributed by atoms with van der Waals surface area (Å²) in [4.78, 5) is 0. The first-order valence-corrected chi connectivity index (χ1v) is 20.4. The normalized spacial score (nSPS) is 12.0. The van der Waals surface area contributed by atoms with E-state index in [-0.39, 0.29) is 0 Å². The number of benzene rings is 9. The molecule has 60 heavy (non-hydrogen) atoms. The molecule has 0 fully saturated rings. The third-order valence-corrected chi connectivity index (χ3v) is 12.6. The molecule has 0 unspecified atom stereocenters. The minimum atomic E-state index is 0.581. The third kappa shape index (κ3) is 4.24. The molecule has 0 aliphatic carbocycles. The van der Waals surface area contributed by atoms with Crippen molar-refractivity contribution in [3.63, 3.8) is 0 Å². The van der Waals surface area contributed by atoms with Gasteiger partial charge in [-0.3, -0.25) is 0 Å². The Morgan fingerprint density at radius 1 is 0.283 bits per heavy atom. The maximum atomic E-state index is 12.2. The van der Waals surface area contributed by atoms with Crippen molar-refractivity contribution in [2.24, 2.45) is 0 Å². The lowest BCUT2D eigenvalue weighted by atomic mass is 10.0. The van der Waals surface area contributed by atoms with Crippen LogP contribution in [0.15, 0.2) is 200 Å². The monoisotopic (exact) mass is 763 g/mol. The fraction of sp³-hybridized carbons (Fsp3) is 0. The first kappa shape index (κ1) is 32.7. The highest BCUT2D eigenvalue weighted by molar-refractivity contribution is 6.23. The second-order valence-corrected chi connectivity index (χ2v) is 15.6. The first-order chi connectivity index (χ1) is 29.8. The van der Waals surface area contributed by atoms with E-state index in [9.17, 15) is 5.26 Å². The number of hydrogen-bond donors (Lipinski definition) is 0. The average Bonchev–Trinajstić information content (AvgIpc) is 4.04. The summed E-state index contributed by atoms with van der Waals surface area (Å²) in [5, 5.41) is 21.3. The van der Waals surface area contributed by atoms with Gasteiger partial charge in [-0.2, -0.15) is 5.26 Å². The van der Waals surface area contributed by atoms with Crippen molar-refractivity contribution in [2.45, 2.75) is 0 Å². The Hall–Kier alpha value is -8.33. The van der Waals surface area contributed by atoms with Crippen LogP contribution < -0.4 is 0 Å². The van der Waals surface area contributed by atoms with Gasteiger partial charge in [-0.15, -0.1) is 0 Å². The highest BCUT2D eigenvalue weighted by atomic mass is 15.1. The van der Waals surface area contributed by atoms with Gasteiger partial charge in [0, 0.05) is 48.8 Å². The van der Waals surface area contributed by atoms with E-state index in [1.165, 1.54) is 0 Å². The maximum Gasteiger partial charge on any atom is 0.104 e. The second kappa shape index (κ2) is 12.3. The van der Waals surface area contributed by atoms with Crippen LogP contribution in [0.1, 0.15) is 5.56 Å². The zero-order valence-electron chi connectivity index (χ0n) is 32.3. The molecule has 0 N–H and O–H groups in total. The third-order valence-electron chi connectivity index (χ3n) is 12.6. The number of aromatic nitrogens is 4. The Kier molecular flexibility index (Phi) is 6.73. The van der Waals surface area contributed by atoms with Crippen molar-refractivity contribution < 1.29 is 0 Å². The van der Waals surface area contributed by atoms with Crippen molar-refractivity contribution in [2.75, 3.05) is 0 Å². The smallest absolute Gasteiger partial charge is 0.104 e. The van der Waals surface area contributed by atoms with Crippen molar-refractivity contribution in [3.05, 3.63) is 206 Å². The van der Waals surface area contributed by atoms with Gasteiger partial charge in [0.2, 0.25) is 0 Å². The van der Waals surface area contributed by atoms with Gasteiger partial charge in [0.25, 0.3) is 0 Å². The molecule has 9 aromatic carbocycles. The number of hydrogen-bond acceptors (Lipinski definition) is 1. The summed E-state index contributed by atoms with van der Waals surface area (Å²) in [5.74, 6) is 0. The van der Waals surface area contributed by atoms with E-state index in [1.807, 2.05) is 0 Å². The number of rotatable bonds is 4. The molecule has 5 nitrogen and oxygen atoms in total. The van der Waals surface area contributed by atoms with Gasteiger partial charge in [-0.25, -0.2) is 0 Å². The van der Waals surface area contributed by atoms with E-state index in [2.05, 4.69) is 225 Å². The molecular weight excluding hydrogens is 731 g/mol. The van der Waals surface area contributed by atoms with Crippen LogP contribution in [0.4, 0.5) is 0 Å². The summed E-state index contributed by atoms with van der Waals surface area (Å²) in [6.07, 6.45) is 0. The first-order valence-electron chi connectivity index (χ1n) is 20.4. The van der Waals surface area contributed by atoms with Crippen LogP contribution in [-0.4, -0.2) is 18.3 Å². The SMILES string of the molecule is N#Cc1c(-n2c3ccccc3c3ccccc32)c(-n2c3ccccc3c3ccccc32)c2c3ccccc3n(-c3ccccc3)c2c1-n1c2ccccc2c2ccccc21. The predicted molar refractivity (Wildman–Crippen MR) is 249 cm³/mol. The van der Waals surface area contributed by atoms with E-state index < -0.39 is 0 Å². The molecule has 278 valence electrons. The van der Waals surface area contributed by atoms with Crippen LogP contribution in [-0.2, 0) is 0 Å². The lowest BCUT2D eigenvalue weighted by Gasteiger charge is -2.24. The quantitative estimate of drug-likeness (QED) is 0.176. The molecule has 4 aromatic heterocycles. The topological polar surface area (TPSA) is 43.5 Å². The number of para-hydroxylation sites is 8. The Morgan fingerprint density at radius 3 is 0.967 bits per heavy atom. The molecule has 0 atom stereocenters. The maximum absolute atomic E-state index is 12.2. The van der Waals surface area contributed by atoms with Gasteiger partial charge in [0.05, 0.1) is 61.2 Å². The Morgan fingerprint density at radius 2 is 0.583 bits per heavy atom. The summed E-state index contributed by atoms with van der Waals surface area (Å²) in [7, 11) is 0. The van der Waals surface area contributed by atoms with Crippen molar-refractivity contribution in [1.29, 1.82) is 5.26 Å². The van der Waals surface area contributed by atoms with E-state index in [0.29, 0.717) is 5.56 Å². The molecule has 13 aromatic rings. The predicted octanol–water partition coefficient (Wildman–Crippen LogP) is 13.9. The highest BCUT2D eigenvalue weighted by Gasteiger charge is 2.33. The van der Waals surface area contributed by atoms with Gasteiger partial charge in [-0.05, 0) is 54.6 Å². The average molecular weight is 764 g/mol. The van der Waals surface area contributed by atoms with Crippen molar-refractivity contribution in [3.8, 4) is 28.8 Å². The van der Waals surface area contributed by atoms with Crippen LogP contribution in [0.3, 0.4) is 0 Å². The fourth-order valence-electron chi connectivity index (χ4n) is 10.3. The van der Waals surface area contributed by atoms with E-state index in [4.69, 9.17) is 0 Å². The van der Waals surface area contributed by atoms with Crippen LogP contribution in [0, 0.1) is 11.3 Å². The second-order valence-electron chi connectivity index (χ2n) is 15.6. The molecule has 0 saturated heterocycles. The summed E-state index contributed by atoms with van der Waals surface area (Å²) in [5.41, 5.74) is 12.6. The molecule has 0 spiro atoms. The van der Waals surface area contributed by atoms with Gasteiger partial charge >= 0.3 is 0 Å². The molecule has 0 amide bonds. The van der Waals surface area contributed by atoms with Crippen LogP contribution >= 0.6 is 0 Å². The highest BCUT2D eigenvalue weighted by Crippen LogP contribution is 2.50. The van der Waals surface area contributed by atoms with Crippen LogP contribution in [0.25, 0.3) is 110 Å².